The third-order valence-corrected chi connectivity index (χ3v) is 5.39. The normalized spacial score (nSPS) is 18.5. The van der Waals surface area contributed by atoms with E-state index in [1.165, 1.54) is 0 Å². The zero-order valence-corrected chi connectivity index (χ0v) is 17.8. The van der Waals surface area contributed by atoms with Gasteiger partial charge in [0, 0.05) is 0 Å². The highest BCUT2D eigenvalue weighted by molar-refractivity contribution is 7.87. The molecule has 2 heterocycles. The number of aromatic nitrogens is 3. The molecule has 3 rings (SSSR count). The Bertz CT molecular complexity index is 1060. The number of hydrogen-bond acceptors (Lipinski definition) is 10. The molecule has 32 heavy (non-hydrogen) atoms. The molecule has 0 N–H and O–H groups in total. The fraction of sp³-hybridized carbons (Fsp3) is 0.588. The van der Waals surface area contributed by atoms with Gasteiger partial charge in [0.05, 0.1) is 31.8 Å². The summed E-state index contributed by atoms with van der Waals surface area (Å²) in [6, 6.07) is 6.69. The summed E-state index contributed by atoms with van der Waals surface area (Å²) in [5.74, 6) is -1.92. The van der Waals surface area contributed by atoms with Crippen molar-refractivity contribution in [1.82, 2.24) is 15.2 Å². The number of fused-ring (bicyclic) bond motifs is 1. The van der Waals surface area contributed by atoms with Crippen molar-refractivity contribution in [3.63, 3.8) is 0 Å². The summed E-state index contributed by atoms with van der Waals surface area (Å²) in [7, 11) is -5.84. The van der Waals surface area contributed by atoms with Gasteiger partial charge < -0.3 is 19.0 Å². The van der Waals surface area contributed by atoms with E-state index >= 15 is 0 Å². The maximum Gasteiger partial charge on any atom is 0.523 e. The van der Waals surface area contributed by atoms with Crippen LogP contribution in [0.15, 0.2) is 24.3 Å². The van der Waals surface area contributed by atoms with Crippen molar-refractivity contribution in [3.05, 3.63) is 24.3 Å². The Morgan fingerprint density at radius 2 is 1.84 bits per heavy atom. The van der Waals surface area contributed by atoms with Gasteiger partial charge in [0.2, 0.25) is 0 Å². The van der Waals surface area contributed by atoms with Crippen LogP contribution in [-0.2, 0) is 33.3 Å². The molecule has 1 saturated heterocycles. The predicted molar refractivity (Wildman–Crippen MR) is 99.3 cm³/mol. The number of para-hydroxylation sites is 1. The molecule has 2 aromatic rings. The standard InChI is InChI=1S/C17H20F3N3O8S/c1-15(2)28-9-16(10-29-15,11-30-32(25,26)17(18,19)20)8-27-7-14(24)31-23-13-6-4-3-5-12(13)21-22-23/h3-6H,7-11H2,1-2H3. The minimum Gasteiger partial charge on any atom is -0.369 e. The summed E-state index contributed by atoms with van der Waals surface area (Å²) in [5.41, 5.74) is -6.09. The zero-order valence-electron chi connectivity index (χ0n) is 17.0. The molecule has 0 saturated carbocycles. The highest BCUT2D eigenvalue weighted by Crippen LogP contribution is 2.33. The number of alkyl halides is 3. The molecule has 0 radical (unpaired) electrons. The van der Waals surface area contributed by atoms with Crippen molar-refractivity contribution in [2.45, 2.75) is 25.1 Å². The van der Waals surface area contributed by atoms with Crippen LogP contribution in [0.2, 0.25) is 0 Å². The first kappa shape index (κ1) is 24.3. The monoisotopic (exact) mass is 483 g/mol. The summed E-state index contributed by atoms with van der Waals surface area (Å²) in [6.45, 7) is 0.699. The molecule has 1 aromatic carbocycles. The van der Waals surface area contributed by atoms with Gasteiger partial charge in [0.25, 0.3) is 0 Å². The van der Waals surface area contributed by atoms with Gasteiger partial charge >= 0.3 is 21.6 Å². The molecule has 0 spiro atoms. The van der Waals surface area contributed by atoms with Crippen molar-refractivity contribution >= 4 is 27.1 Å². The molecule has 15 heteroatoms. The van der Waals surface area contributed by atoms with E-state index in [4.69, 9.17) is 19.0 Å². The highest BCUT2D eigenvalue weighted by atomic mass is 32.2. The van der Waals surface area contributed by atoms with Crippen molar-refractivity contribution in [2.24, 2.45) is 5.41 Å². The quantitative estimate of drug-likeness (QED) is 0.305. The maximum absolute atomic E-state index is 12.6. The van der Waals surface area contributed by atoms with E-state index in [1.807, 2.05) is 0 Å². The molecule has 178 valence electrons. The van der Waals surface area contributed by atoms with Gasteiger partial charge in [0.15, 0.2) is 5.79 Å². The van der Waals surface area contributed by atoms with Crippen LogP contribution in [0.4, 0.5) is 13.2 Å². The lowest BCUT2D eigenvalue weighted by atomic mass is 9.91. The fourth-order valence-electron chi connectivity index (χ4n) is 2.60. The molecular formula is C17H20F3N3O8S. The van der Waals surface area contributed by atoms with Crippen LogP contribution in [0.25, 0.3) is 11.0 Å². The van der Waals surface area contributed by atoms with Crippen molar-refractivity contribution in [1.29, 1.82) is 0 Å². The van der Waals surface area contributed by atoms with E-state index in [-0.39, 0.29) is 13.2 Å². The zero-order chi connectivity index (χ0) is 23.6. The highest BCUT2D eigenvalue weighted by Gasteiger charge is 2.50. The fourth-order valence-corrected chi connectivity index (χ4v) is 3.14. The molecule has 0 aliphatic carbocycles. The molecule has 11 nitrogen and oxygen atoms in total. The van der Waals surface area contributed by atoms with Gasteiger partial charge in [0.1, 0.15) is 17.6 Å². The molecule has 0 bridgehead atoms. The lowest BCUT2D eigenvalue weighted by Gasteiger charge is -2.42. The van der Waals surface area contributed by atoms with E-state index in [0.29, 0.717) is 11.0 Å². The first-order valence-corrected chi connectivity index (χ1v) is 10.6. The molecule has 1 fully saturated rings. The average molecular weight is 483 g/mol. The van der Waals surface area contributed by atoms with Crippen LogP contribution in [0, 0.1) is 5.41 Å². The second kappa shape index (κ2) is 8.90. The van der Waals surface area contributed by atoms with Crippen molar-refractivity contribution in [2.75, 3.05) is 33.0 Å². The number of nitrogens with zero attached hydrogens (tertiary/aromatic N) is 3. The van der Waals surface area contributed by atoms with Gasteiger partial charge in [-0.3, -0.25) is 4.18 Å². The summed E-state index contributed by atoms with van der Waals surface area (Å²) in [6.07, 6.45) is 0. The maximum atomic E-state index is 12.6. The van der Waals surface area contributed by atoms with Gasteiger partial charge in [-0.1, -0.05) is 17.0 Å². The largest absolute Gasteiger partial charge is 0.523 e. The topological polar surface area (TPSA) is 128 Å². The minimum atomic E-state index is -5.84. The predicted octanol–water partition coefficient (Wildman–Crippen LogP) is 1.04. The molecule has 0 unspecified atom stereocenters. The van der Waals surface area contributed by atoms with Crippen LogP contribution >= 0.6 is 0 Å². The van der Waals surface area contributed by atoms with Gasteiger partial charge in [-0.25, -0.2) is 4.79 Å². The van der Waals surface area contributed by atoms with Crippen LogP contribution in [-0.4, -0.2) is 73.9 Å². The summed E-state index contributed by atoms with van der Waals surface area (Å²) < 4.78 is 80.6. The number of rotatable bonds is 8. The van der Waals surface area contributed by atoms with Crippen LogP contribution in [0.3, 0.4) is 0 Å². The van der Waals surface area contributed by atoms with Crippen LogP contribution < -0.4 is 4.84 Å². The lowest BCUT2D eigenvalue weighted by molar-refractivity contribution is -0.295. The first-order valence-electron chi connectivity index (χ1n) is 9.16. The minimum absolute atomic E-state index is 0.240. The Balaban J connectivity index is 1.60. The molecule has 1 aromatic heterocycles. The molecular weight excluding hydrogens is 463 g/mol. The molecule has 1 aliphatic heterocycles. The average Bonchev–Trinajstić information content (AvgIpc) is 3.11. The Morgan fingerprint density at radius 3 is 2.50 bits per heavy atom. The summed E-state index contributed by atoms with van der Waals surface area (Å²) in [5, 5.41) is 7.49. The Labute approximate surface area is 180 Å². The first-order chi connectivity index (χ1) is 14.8. The van der Waals surface area contributed by atoms with Crippen molar-refractivity contribution < 1.29 is 49.6 Å². The Hall–Kier alpha value is -2.33. The van der Waals surface area contributed by atoms with Gasteiger partial charge in [-0.05, 0) is 31.2 Å². The van der Waals surface area contributed by atoms with Gasteiger partial charge in [-0.2, -0.15) is 21.6 Å². The van der Waals surface area contributed by atoms with E-state index in [1.54, 1.807) is 38.1 Å². The lowest BCUT2D eigenvalue weighted by Crippen LogP contribution is -2.52. The van der Waals surface area contributed by atoms with Crippen LogP contribution in [0.5, 0.6) is 0 Å². The van der Waals surface area contributed by atoms with Gasteiger partial charge in [-0.15, -0.1) is 5.10 Å². The summed E-state index contributed by atoms with van der Waals surface area (Å²) >= 11 is 0. The van der Waals surface area contributed by atoms with E-state index < -0.39 is 52.6 Å². The third-order valence-electron chi connectivity index (χ3n) is 4.39. The third kappa shape index (κ3) is 5.72. The molecule has 1 aliphatic rings. The number of ether oxygens (including phenoxy) is 3. The van der Waals surface area contributed by atoms with Crippen LogP contribution in [0.1, 0.15) is 13.8 Å². The van der Waals surface area contributed by atoms with Crippen molar-refractivity contribution in [3.8, 4) is 0 Å². The number of carbonyl (C=O) groups excluding carboxylic acids is 1. The van der Waals surface area contributed by atoms with E-state index in [2.05, 4.69) is 14.5 Å². The second-order valence-corrected chi connectivity index (χ2v) is 9.15. The SMILES string of the molecule is CC1(C)OCC(COCC(=O)On2nnc3ccccc32)(COS(=O)(=O)C(F)(F)F)CO1. The Kier molecular flexibility index (Phi) is 6.76. The van der Waals surface area contributed by atoms with E-state index in [0.717, 1.165) is 4.85 Å². The number of carbonyl (C=O) groups is 1. The van der Waals surface area contributed by atoms with E-state index in [9.17, 15) is 26.4 Å². The molecule has 0 amide bonds. The summed E-state index contributed by atoms with van der Waals surface area (Å²) in [4.78, 5) is 18.0. The Morgan fingerprint density at radius 1 is 1.19 bits per heavy atom. The number of benzene rings is 1. The second-order valence-electron chi connectivity index (χ2n) is 7.55. The molecule has 0 atom stereocenters. The number of hydrogen-bond donors (Lipinski definition) is 0. The number of halogens is 3. The smallest absolute Gasteiger partial charge is 0.369 e.